The first-order chi connectivity index (χ1) is 16.0. The number of likely N-dealkylation sites (tertiary alicyclic amines) is 1. The fourth-order valence-electron chi connectivity index (χ4n) is 4.79. The molecule has 1 saturated heterocycles. The van der Waals surface area contributed by atoms with E-state index >= 15 is 0 Å². The van der Waals surface area contributed by atoms with Crippen LogP contribution in [0.15, 0.2) is 24.4 Å². The SMILES string of the molecule is CC(=O)N1CC[C@@H](n2c(Nc3c(F)cccc3F)nc3cnc(NC4CCCCC4)nc32)C1. The van der Waals surface area contributed by atoms with Crippen molar-refractivity contribution in [2.75, 3.05) is 23.7 Å². The Hall–Kier alpha value is -3.30. The lowest BCUT2D eigenvalue weighted by Crippen LogP contribution is -2.26. The standard InChI is InChI=1S/C23H27F2N7O/c1-14(33)31-11-10-16(13-31)32-21-19(12-26-22(30-21)27-15-6-3-2-4-7-15)28-23(32)29-20-17(24)8-5-9-18(20)25/h5,8-9,12,15-16H,2-4,6-7,10-11,13H2,1H3,(H,28,29)(H,26,27,30)/t16-/m1/s1. The van der Waals surface area contributed by atoms with Gasteiger partial charge < -0.3 is 15.5 Å². The van der Waals surface area contributed by atoms with E-state index in [0.717, 1.165) is 12.8 Å². The van der Waals surface area contributed by atoms with Crippen LogP contribution in [0.2, 0.25) is 0 Å². The van der Waals surface area contributed by atoms with Gasteiger partial charge >= 0.3 is 0 Å². The largest absolute Gasteiger partial charge is 0.351 e. The lowest BCUT2D eigenvalue weighted by molar-refractivity contribution is -0.127. The fourth-order valence-corrected chi connectivity index (χ4v) is 4.79. The van der Waals surface area contributed by atoms with E-state index in [-0.39, 0.29) is 23.6 Å². The van der Waals surface area contributed by atoms with Gasteiger partial charge in [0.05, 0.1) is 12.2 Å². The minimum Gasteiger partial charge on any atom is -0.351 e. The first-order valence-corrected chi connectivity index (χ1v) is 11.5. The molecule has 1 aliphatic carbocycles. The molecule has 33 heavy (non-hydrogen) atoms. The number of benzene rings is 1. The number of carbonyl (C=O) groups is 1. The Bertz CT molecular complexity index is 1150. The summed E-state index contributed by atoms with van der Waals surface area (Å²) in [7, 11) is 0. The van der Waals surface area contributed by atoms with Gasteiger partial charge in [0.15, 0.2) is 5.65 Å². The molecule has 2 N–H and O–H groups in total. The van der Waals surface area contributed by atoms with Crippen molar-refractivity contribution in [3.63, 3.8) is 0 Å². The molecule has 1 amide bonds. The summed E-state index contributed by atoms with van der Waals surface area (Å²) in [6.45, 7) is 2.62. The smallest absolute Gasteiger partial charge is 0.224 e. The highest BCUT2D eigenvalue weighted by Crippen LogP contribution is 2.33. The molecule has 1 aromatic carbocycles. The summed E-state index contributed by atoms with van der Waals surface area (Å²) in [5, 5.41) is 6.26. The van der Waals surface area contributed by atoms with Crippen LogP contribution in [0.5, 0.6) is 0 Å². The summed E-state index contributed by atoms with van der Waals surface area (Å²) in [5.41, 5.74) is 0.812. The van der Waals surface area contributed by atoms with Crippen molar-refractivity contribution in [2.24, 2.45) is 0 Å². The van der Waals surface area contributed by atoms with E-state index in [0.29, 0.717) is 42.7 Å². The van der Waals surface area contributed by atoms with Crippen LogP contribution in [0, 0.1) is 11.6 Å². The van der Waals surface area contributed by atoms with Crippen molar-refractivity contribution in [2.45, 2.75) is 57.5 Å². The maximum Gasteiger partial charge on any atom is 0.224 e. The zero-order chi connectivity index (χ0) is 22.9. The monoisotopic (exact) mass is 455 g/mol. The second kappa shape index (κ2) is 8.92. The van der Waals surface area contributed by atoms with Gasteiger partial charge in [-0.3, -0.25) is 9.36 Å². The third-order valence-corrected chi connectivity index (χ3v) is 6.54. The Kier molecular flexibility index (Phi) is 5.82. The van der Waals surface area contributed by atoms with Gasteiger partial charge in [-0.05, 0) is 31.4 Å². The van der Waals surface area contributed by atoms with Crippen molar-refractivity contribution >= 4 is 34.7 Å². The number of halogens is 2. The van der Waals surface area contributed by atoms with Gasteiger partial charge in [-0.2, -0.15) is 4.98 Å². The molecule has 0 bridgehead atoms. The zero-order valence-electron chi connectivity index (χ0n) is 18.5. The molecule has 1 aliphatic heterocycles. The van der Waals surface area contributed by atoms with Crippen molar-refractivity contribution < 1.29 is 13.6 Å². The molecule has 3 heterocycles. The van der Waals surface area contributed by atoms with E-state index in [1.165, 1.54) is 44.4 Å². The number of fused-ring (bicyclic) bond motifs is 1. The van der Waals surface area contributed by atoms with Crippen LogP contribution < -0.4 is 10.6 Å². The van der Waals surface area contributed by atoms with Gasteiger partial charge in [-0.25, -0.2) is 18.7 Å². The molecule has 1 atom stereocenters. The van der Waals surface area contributed by atoms with Crippen molar-refractivity contribution in [3.8, 4) is 0 Å². The van der Waals surface area contributed by atoms with Crippen LogP contribution in [0.25, 0.3) is 11.2 Å². The topological polar surface area (TPSA) is 88.0 Å². The molecular formula is C23H27F2N7O. The van der Waals surface area contributed by atoms with E-state index in [1.807, 2.05) is 4.57 Å². The van der Waals surface area contributed by atoms with Crippen molar-refractivity contribution in [1.29, 1.82) is 0 Å². The number of para-hydroxylation sites is 1. The average Bonchev–Trinajstić information content (AvgIpc) is 3.41. The van der Waals surface area contributed by atoms with Crippen LogP contribution in [0.1, 0.15) is 51.5 Å². The molecule has 0 spiro atoms. The van der Waals surface area contributed by atoms with Gasteiger partial charge in [0, 0.05) is 26.1 Å². The molecule has 1 saturated carbocycles. The molecule has 10 heteroatoms. The predicted octanol–water partition coefficient (Wildman–Crippen LogP) is 4.39. The molecule has 174 valence electrons. The zero-order valence-corrected chi connectivity index (χ0v) is 18.5. The number of hydrogen-bond acceptors (Lipinski definition) is 6. The Balaban J connectivity index is 1.54. The number of carbonyl (C=O) groups excluding carboxylic acids is 1. The van der Waals surface area contributed by atoms with Gasteiger partial charge in [-0.1, -0.05) is 25.3 Å². The number of imidazole rings is 1. The van der Waals surface area contributed by atoms with Crippen LogP contribution in [0.4, 0.5) is 26.4 Å². The molecule has 5 rings (SSSR count). The molecule has 2 aromatic heterocycles. The Morgan fingerprint density at radius 1 is 1.09 bits per heavy atom. The minimum absolute atomic E-state index is 0.00846. The maximum atomic E-state index is 14.4. The summed E-state index contributed by atoms with van der Waals surface area (Å²) in [5.74, 6) is -0.646. The highest BCUT2D eigenvalue weighted by atomic mass is 19.1. The summed E-state index contributed by atoms with van der Waals surface area (Å²) >= 11 is 0. The third-order valence-electron chi connectivity index (χ3n) is 6.54. The number of nitrogens with zero attached hydrogens (tertiary/aromatic N) is 5. The normalized spacial score (nSPS) is 19.2. The van der Waals surface area contributed by atoms with E-state index in [2.05, 4.69) is 20.6 Å². The van der Waals surface area contributed by atoms with E-state index < -0.39 is 11.6 Å². The van der Waals surface area contributed by atoms with Gasteiger partial charge in [-0.15, -0.1) is 0 Å². The number of nitrogens with one attached hydrogen (secondary N) is 2. The van der Waals surface area contributed by atoms with E-state index in [4.69, 9.17) is 4.98 Å². The van der Waals surface area contributed by atoms with E-state index in [9.17, 15) is 13.6 Å². The summed E-state index contributed by atoms with van der Waals surface area (Å²) in [4.78, 5) is 27.4. The third kappa shape index (κ3) is 4.34. The molecular weight excluding hydrogens is 428 g/mol. The number of rotatable bonds is 5. The molecule has 0 radical (unpaired) electrons. The van der Waals surface area contributed by atoms with Gasteiger partial charge in [0.2, 0.25) is 17.8 Å². The quantitative estimate of drug-likeness (QED) is 0.594. The molecule has 0 unspecified atom stereocenters. The fraction of sp³-hybridized carbons (Fsp3) is 0.478. The number of anilines is 3. The molecule has 8 nitrogen and oxygen atoms in total. The van der Waals surface area contributed by atoms with Crippen LogP contribution in [-0.4, -0.2) is 49.5 Å². The van der Waals surface area contributed by atoms with Gasteiger partial charge in [0.1, 0.15) is 22.8 Å². The lowest BCUT2D eigenvalue weighted by atomic mass is 9.96. The molecule has 2 fully saturated rings. The molecule has 2 aliphatic rings. The van der Waals surface area contributed by atoms with Crippen LogP contribution in [-0.2, 0) is 4.79 Å². The lowest BCUT2D eigenvalue weighted by Gasteiger charge is -2.22. The Morgan fingerprint density at radius 3 is 2.55 bits per heavy atom. The molecule has 3 aromatic rings. The second-order valence-corrected chi connectivity index (χ2v) is 8.82. The highest BCUT2D eigenvalue weighted by molar-refractivity contribution is 5.77. The summed E-state index contributed by atoms with van der Waals surface area (Å²) in [6, 6.07) is 3.90. The van der Waals surface area contributed by atoms with Crippen molar-refractivity contribution in [3.05, 3.63) is 36.0 Å². The number of amides is 1. The average molecular weight is 456 g/mol. The maximum absolute atomic E-state index is 14.4. The van der Waals surface area contributed by atoms with Crippen molar-refractivity contribution in [1.82, 2.24) is 24.4 Å². The van der Waals surface area contributed by atoms with Crippen LogP contribution in [0.3, 0.4) is 0 Å². The Morgan fingerprint density at radius 2 is 1.85 bits per heavy atom. The van der Waals surface area contributed by atoms with Gasteiger partial charge in [0.25, 0.3) is 0 Å². The minimum atomic E-state index is -0.712. The highest BCUT2D eigenvalue weighted by Gasteiger charge is 2.30. The number of aromatic nitrogens is 4. The Labute approximate surface area is 190 Å². The first kappa shape index (κ1) is 21.5. The first-order valence-electron chi connectivity index (χ1n) is 11.5. The summed E-state index contributed by atoms with van der Waals surface area (Å²) < 4.78 is 30.6. The number of hydrogen-bond donors (Lipinski definition) is 2. The van der Waals surface area contributed by atoms with E-state index in [1.54, 1.807) is 11.1 Å². The van der Waals surface area contributed by atoms with Crippen LogP contribution >= 0.6 is 0 Å². The second-order valence-electron chi connectivity index (χ2n) is 8.82. The predicted molar refractivity (Wildman–Crippen MR) is 121 cm³/mol. The summed E-state index contributed by atoms with van der Waals surface area (Å²) in [6.07, 6.45) is 8.10.